The second kappa shape index (κ2) is 22.7. The summed E-state index contributed by atoms with van der Waals surface area (Å²) in [7, 11) is 4.78. The fourth-order valence-electron chi connectivity index (χ4n) is 2.19. The van der Waals surface area contributed by atoms with E-state index in [1.54, 1.807) is 21.3 Å². The molecular weight excluding hydrogens is 503 g/mol. The largest absolute Gasteiger partial charge is 0.493 e. The first kappa shape index (κ1) is 34.1. The minimum Gasteiger partial charge on any atom is -0.493 e. The number of methoxy groups -OCH3 is 3. The Morgan fingerprint density at radius 3 is 1.65 bits per heavy atom. The summed E-state index contributed by atoms with van der Waals surface area (Å²) in [5.74, 6) is 0.852. The van der Waals surface area contributed by atoms with Crippen molar-refractivity contribution in [2.45, 2.75) is 27.7 Å². The Hall–Kier alpha value is -2.07. The molecule has 0 amide bonds. The zero-order chi connectivity index (χ0) is 24.9. The van der Waals surface area contributed by atoms with Gasteiger partial charge in [-0.2, -0.15) is 58.9 Å². The van der Waals surface area contributed by atoms with Gasteiger partial charge >= 0.3 is 0 Å². The molecule has 0 saturated heterocycles. The summed E-state index contributed by atoms with van der Waals surface area (Å²) >= 11 is 0. The molecule has 0 aromatic heterocycles. The molecule has 1 radical (unpaired) electrons. The maximum atomic E-state index is 8.47. The first-order chi connectivity index (χ1) is 15.9. The standard InChI is InChI=1S/C9H11O2.C8H7N.C8H9.C3H8O2.Y/c1-8-5-3-4-6-9(8)11-7-10-2;1-7-4-2-3-5-8(7)6-9;1-7-5-3-4-6-8(7)2;1-4-3-5-2;/h4-6H,7H2,1-2H3;2-5H,1H3;3,5-6H,1-2H3;3H2,1-2H3;/q-1;;-1;;. The summed E-state index contributed by atoms with van der Waals surface area (Å²) in [6, 6.07) is 27.2. The molecule has 0 unspecified atom stereocenters. The number of hydrogen-bond donors (Lipinski definition) is 0. The summed E-state index contributed by atoms with van der Waals surface area (Å²) in [5, 5.41) is 8.47. The van der Waals surface area contributed by atoms with Gasteiger partial charge in [-0.1, -0.05) is 39.0 Å². The zero-order valence-electron chi connectivity index (χ0n) is 21.3. The van der Waals surface area contributed by atoms with Gasteiger partial charge in [0.1, 0.15) is 6.79 Å². The van der Waals surface area contributed by atoms with Crippen LogP contribution in [0.3, 0.4) is 0 Å². The maximum Gasteiger partial charge on any atom is 0.185 e. The molecule has 0 spiro atoms. The second-order valence-corrected chi connectivity index (χ2v) is 6.87. The fraction of sp³-hybridized carbons (Fsp3) is 0.321. The van der Waals surface area contributed by atoms with E-state index in [1.165, 1.54) is 11.1 Å². The second-order valence-electron chi connectivity index (χ2n) is 6.87. The Kier molecular flexibility index (Phi) is 22.8. The van der Waals surface area contributed by atoms with Crippen LogP contribution in [-0.2, 0) is 46.9 Å². The van der Waals surface area contributed by atoms with Gasteiger partial charge in [0.05, 0.1) is 11.6 Å². The number of rotatable bonds is 5. The smallest absolute Gasteiger partial charge is 0.185 e. The van der Waals surface area contributed by atoms with Gasteiger partial charge in [-0.05, 0) is 18.6 Å². The van der Waals surface area contributed by atoms with E-state index in [9.17, 15) is 0 Å². The van der Waals surface area contributed by atoms with Crippen LogP contribution in [-0.4, -0.2) is 34.9 Å². The molecule has 0 aliphatic carbocycles. The van der Waals surface area contributed by atoms with E-state index in [0.717, 1.165) is 22.4 Å². The van der Waals surface area contributed by atoms with Crippen LogP contribution in [0.1, 0.15) is 27.8 Å². The summed E-state index contributed by atoms with van der Waals surface area (Å²) in [5.41, 5.74) is 5.53. The molecule has 34 heavy (non-hydrogen) atoms. The Labute approximate surface area is 230 Å². The molecule has 0 fully saturated rings. The van der Waals surface area contributed by atoms with E-state index >= 15 is 0 Å². The summed E-state index contributed by atoms with van der Waals surface area (Å²) in [6.45, 7) is 8.78. The van der Waals surface area contributed by atoms with Gasteiger partial charge in [-0.15, -0.1) is 11.6 Å². The number of benzene rings is 3. The van der Waals surface area contributed by atoms with Crippen LogP contribution in [0.2, 0.25) is 0 Å². The summed E-state index contributed by atoms with van der Waals surface area (Å²) in [6.07, 6.45) is 0. The topological polar surface area (TPSA) is 60.7 Å². The van der Waals surface area contributed by atoms with Crippen molar-refractivity contribution in [2.75, 3.05) is 34.9 Å². The molecule has 3 aromatic rings. The normalized spacial score (nSPS) is 8.76. The third-order valence-electron chi connectivity index (χ3n) is 4.20. The summed E-state index contributed by atoms with van der Waals surface area (Å²) < 4.78 is 18.9. The first-order valence-electron chi connectivity index (χ1n) is 10.4. The van der Waals surface area contributed by atoms with E-state index in [4.69, 9.17) is 14.7 Å². The van der Waals surface area contributed by atoms with Crippen molar-refractivity contribution in [2.24, 2.45) is 0 Å². The van der Waals surface area contributed by atoms with Crippen LogP contribution in [0, 0.1) is 51.2 Å². The monoisotopic (exact) mass is 538 g/mol. The van der Waals surface area contributed by atoms with Crippen molar-refractivity contribution in [1.29, 1.82) is 5.26 Å². The van der Waals surface area contributed by atoms with Gasteiger partial charge in [0.15, 0.2) is 6.79 Å². The third kappa shape index (κ3) is 16.5. The minimum atomic E-state index is 0. The first-order valence-corrected chi connectivity index (χ1v) is 10.4. The Balaban J connectivity index is 0. The quantitative estimate of drug-likeness (QED) is 0.295. The molecule has 0 atom stereocenters. The van der Waals surface area contributed by atoms with Gasteiger partial charge < -0.3 is 18.9 Å². The molecule has 0 heterocycles. The molecule has 181 valence electrons. The molecule has 3 rings (SSSR count). The van der Waals surface area contributed by atoms with Crippen molar-refractivity contribution in [3.05, 3.63) is 101 Å². The van der Waals surface area contributed by atoms with Gasteiger partial charge in [0, 0.05) is 59.8 Å². The Morgan fingerprint density at radius 1 is 0.706 bits per heavy atom. The van der Waals surface area contributed by atoms with Gasteiger partial charge in [0.2, 0.25) is 0 Å². The molecule has 0 saturated carbocycles. The number of ether oxygens (including phenoxy) is 4. The van der Waals surface area contributed by atoms with Crippen LogP contribution in [0.25, 0.3) is 0 Å². The molecule has 0 aliphatic heterocycles. The molecule has 5 nitrogen and oxygen atoms in total. The molecule has 3 aromatic carbocycles. The van der Waals surface area contributed by atoms with Crippen LogP contribution in [0.4, 0.5) is 0 Å². The Bertz CT molecular complexity index is 918. The van der Waals surface area contributed by atoms with Crippen molar-refractivity contribution in [3.8, 4) is 11.8 Å². The van der Waals surface area contributed by atoms with E-state index in [2.05, 4.69) is 47.6 Å². The van der Waals surface area contributed by atoms with Crippen LogP contribution in [0.15, 0.2) is 60.7 Å². The van der Waals surface area contributed by atoms with Crippen LogP contribution < -0.4 is 4.74 Å². The van der Waals surface area contributed by atoms with Crippen molar-refractivity contribution < 1.29 is 51.7 Å². The predicted molar refractivity (Wildman–Crippen MR) is 132 cm³/mol. The SMILES string of the molecule is COCOC.COCOc1cc[c-]cc1C.Cc1c[c-]ccc1C.Cc1ccccc1C#N.[Y]. The zero-order valence-corrected chi connectivity index (χ0v) is 24.2. The molecule has 6 heteroatoms. The van der Waals surface area contributed by atoms with Crippen molar-refractivity contribution in [1.82, 2.24) is 0 Å². The van der Waals surface area contributed by atoms with Crippen molar-refractivity contribution in [3.63, 3.8) is 0 Å². The number of nitrogens with zero attached hydrogens (tertiary/aromatic N) is 1. The molecule has 0 bridgehead atoms. The van der Waals surface area contributed by atoms with Crippen molar-refractivity contribution >= 4 is 0 Å². The average Bonchev–Trinajstić information content (AvgIpc) is 2.83. The van der Waals surface area contributed by atoms with E-state index in [1.807, 2.05) is 68.4 Å². The summed E-state index contributed by atoms with van der Waals surface area (Å²) in [4.78, 5) is 0. The van der Waals surface area contributed by atoms with E-state index < -0.39 is 0 Å². The molecular formula is C28H35NO4Y-2. The van der Waals surface area contributed by atoms with E-state index in [-0.39, 0.29) is 32.7 Å². The third-order valence-corrected chi connectivity index (χ3v) is 4.20. The molecule has 0 N–H and O–H groups in total. The fourth-order valence-corrected chi connectivity index (χ4v) is 2.19. The number of hydrogen-bond acceptors (Lipinski definition) is 5. The number of nitriles is 1. The van der Waals surface area contributed by atoms with Crippen LogP contribution >= 0.6 is 0 Å². The van der Waals surface area contributed by atoms with E-state index in [0.29, 0.717) is 13.6 Å². The van der Waals surface area contributed by atoms with Crippen LogP contribution in [0.5, 0.6) is 5.75 Å². The van der Waals surface area contributed by atoms with Gasteiger partial charge in [-0.3, -0.25) is 0 Å². The minimum absolute atomic E-state index is 0. The average molecular weight is 538 g/mol. The maximum absolute atomic E-state index is 8.47. The Morgan fingerprint density at radius 2 is 1.26 bits per heavy atom. The number of aryl methyl sites for hydroxylation is 4. The predicted octanol–water partition coefficient (Wildman–Crippen LogP) is 5.98. The van der Waals surface area contributed by atoms with Gasteiger partial charge in [0.25, 0.3) is 0 Å². The molecule has 0 aliphatic rings. The van der Waals surface area contributed by atoms with Gasteiger partial charge in [-0.25, -0.2) is 0 Å².